The molecule has 0 radical (unpaired) electrons. The molecular formula is C18H30O2Ti. The van der Waals surface area contributed by atoms with Gasteiger partial charge in [0.25, 0.3) is 0 Å². The van der Waals surface area contributed by atoms with E-state index in [2.05, 4.69) is 43.4 Å². The first-order valence-electron chi connectivity index (χ1n) is 7.94. The number of unbranched alkanes of at least 4 members (excludes halogenated alkanes) is 5. The molecule has 0 aromatic carbocycles. The number of hydrogen-bond donors (Lipinski definition) is 1. The average Bonchev–Trinajstić information content (AvgIpc) is 2.43. The molecule has 0 aromatic rings. The first-order valence-corrected chi connectivity index (χ1v) is 7.94. The number of rotatable bonds is 13. The van der Waals surface area contributed by atoms with Crippen LogP contribution < -0.4 is 0 Å². The molecule has 0 spiro atoms. The summed E-state index contributed by atoms with van der Waals surface area (Å²) >= 11 is 0. The van der Waals surface area contributed by atoms with E-state index in [1.54, 1.807) is 0 Å². The Morgan fingerprint density at radius 1 is 0.810 bits per heavy atom. The smallest absolute Gasteiger partial charge is 0.303 e. The monoisotopic (exact) mass is 326 g/mol. The van der Waals surface area contributed by atoms with Crippen molar-refractivity contribution in [2.75, 3.05) is 0 Å². The third-order valence-corrected chi connectivity index (χ3v) is 3.04. The summed E-state index contributed by atoms with van der Waals surface area (Å²) in [5.74, 6) is -0.675. The van der Waals surface area contributed by atoms with E-state index in [0.717, 1.165) is 44.9 Å². The van der Waals surface area contributed by atoms with Crippen molar-refractivity contribution in [1.82, 2.24) is 0 Å². The van der Waals surface area contributed by atoms with Crippen LogP contribution in [-0.2, 0) is 26.5 Å². The summed E-state index contributed by atoms with van der Waals surface area (Å²) in [4.78, 5) is 10.3. The Hall–Kier alpha value is -0.596. The zero-order chi connectivity index (χ0) is 14.9. The topological polar surface area (TPSA) is 37.3 Å². The van der Waals surface area contributed by atoms with Crippen LogP contribution in [0.4, 0.5) is 0 Å². The van der Waals surface area contributed by atoms with Crippen molar-refractivity contribution in [2.45, 2.75) is 71.1 Å². The van der Waals surface area contributed by atoms with Crippen molar-refractivity contribution < 1.29 is 31.6 Å². The van der Waals surface area contributed by atoms with Gasteiger partial charge in [-0.1, -0.05) is 62.6 Å². The maximum atomic E-state index is 10.3. The van der Waals surface area contributed by atoms with Gasteiger partial charge in [0, 0.05) is 28.1 Å². The van der Waals surface area contributed by atoms with Gasteiger partial charge in [-0.05, 0) is 38.5 Å². The SMILES string of the molecule is CC/C=C\C/C=C\C/C=C\CCCCCCCC(=O)O.[Ti]. The van der Waals surface area contributed by atoms with Crippen molar-refractivity contribution in [3.8, 4) is 0 Å². The molecular weight excluding hydrogens is 296 g/mol. The molecule has 0 saturated carbocycles. The number of carboxylic acid groups (broad SMARTS) is 1. The molecule has 0 aromatic heterocycles. The summed E-state index contributed by atoms with van der Waals surface area (Å²) in [5, 5.41) is 8.50. The summed E-state index contributed by atoms with van der Waals surface area (Å²) in [6.45, 7) is 2.15. The van der Waals surface area contributed by atoms with Gasteiger partial charge in [0.1, 0.15) is 0 Å². The summed E-state index contributed by atoms with van der Waals surface area (Å²) in [7, 11) is 0. The maximum absolute atomic E-state index is 10.3. The number of carbonyl (C=O) groups is 1. The van der Waals surface area contributed by atoms with Crippen LogP contribution in [0, 0.1) is 0 Å². The van der Waals surface area contributed by atoms with Gasteiger partial charge in [-0.25, -0.2) is 0 Å². The van der Waals surface area contributed by atoms with E-state index in [9.17, 15) is 4.79 Å². The van der Waals surface area contributed by atoms with E-state index < -0.39 is 5.97 Å². The van der Waals surface area contributed by atoms with Gasteiger partial charge in [0.2, 0.25) is 0 Å². The van der Waals surface area contributed by atoms with E-state index in [1.165, 1.54) is 12.8 Å². The van der Waals surface area contributed by atoms with Gasteiger partial charge in [0.15, 0.2) is 0 Å². The molecule has 0 fully saturated rings. The fourth-order valence-electron chi connectivity index (χ4n) is 1.90. The Labute approximate surface area is 145 Å². The van der Waals surface area contributed by atoms with Crippen molar-refractivity contribution >= 4 is 5.97 Å². The number of allylic oxidation sites excluding steroid dienone is 6. The zero-order valence-electron chi connectivity index (χ0n) is 13.4. The first-order chi connectivity index (χ1) is 9.77. The van der Waals surface area contributed by atoms with Gasteiger partial charge in [-0.15, -0.1) is 0 Å². The second-order valence-electron chi connectivity index (χ2n) is 4.99. The summed E-state index contributed by atoms with van der Waals surface area (Å²) in [6.07, 6.45) is 23.4. The predicted molar refractivity (Wildman–Crippen MR) is 86.9 cm³/mol. The van der Waals surface area contributed by atoms with Gasteiger partial charge in [-0.2, -0.15) is 0 Å². The normalized spacial score (nSPS) is 11.5. The fourth-order valence-corrected chi connectivity index (χ4v) is 1.90. The minimum Gasteiger partial charge on any atom is -0.481 e. The van der Waals surface area contributed by atoms with Gasteiger partial charge >= 0.3 is 5.97 Å². The molecule has 0 aliphatic carbocycles. The molecule has 0 bridgehead atoms. The second-order valence-corrected chi connectivity index (χ2v) is 4.99. The van der Waals surface area contributed by atoms with Crippen LogP contribution in [0.15, 0.2) is 36.5 Å². The molecule has 0 heterocycles. The zero-order valence-corrected chi connectivity index (χ0v) is 15.0. The molecule has 2 nitrogen and oxygen atoms in total. The van der Waals surface area contributed by atoms with Gasteiger partial charge in [-0.3, -0.25) is 4.79 Å². The Morgan fingerprint density at radius 3 is 1.95 bits per heavy atom. The van der Waals surface area contributed by atoms with Crippen LogP contribution in [0.2, 0.25) is 0 Å². The van der Waals surface area contributed by atoms with E-state index in [0.29, 0.717) is 6.42 Å². The molecule has 0 amide bonds. The summed E-state index contributed by atoms with van der Waals surface area (Å²) in [5.41, 5.74) is 0. The van der Waals surface area contributed by atoms with Crippen LogP contribution in [0.5, 0.6) is 0 Å². The first kappa shape index (κ1) is 22.7. The van der Waals surface area contributed by atoms with Crippen LogP contribution in [0.1, 0.15) is 71.1 Å². The molecule has 1 N–H and O–H groups in total. The molecule has 118 valence electrons. The Morgan fingerprint density at radius 2 is 1.33 bits per heavy atom. The molecule has 0 unspecified atom stereocenters. The van der Waals surface area contributed by atoms with Gasteiger partial charge in [0.05, 0.1) is 0 Å². The van der Waals surface area contributed by atoms with Gasteiger partial charge < -0.3 is 5.11 Å². The van der Waals surface area contributed by atoms with Crippen LogP contribution in [0.25, 0.3) is 0 Å². The van der Waals surface area contributed by atoms with Crippen molar-refractivity contribution in [1.29, 1.82) is 0 Å². The molecule has 0 atom stereocenters. The number of aliphatic carboxylic acids is 1. The maximum Gasteiger partial charge on any atom is 0.303 e. The third-order valence-electron chi connectivity index (χ3n) is 3.04. The van der Waals surface area contributed by atoms with E-state index in [-0.39, 0.29) is 21.7 Å². The minimum absolute atomic E-state index is 0. The van der Waals surface area contributed by atoms with Crippen LogP contribution >= 0.6 is 0 Å². The largest absolute Gasteiger partial charge is 0.481 e. The molecule has 0 aliphatic rings. The minimum atomic E-state index is -0.675. The molecule has 21 heavy (non-hydrogen) atoms. The Bertz CT molecular complexity index is 306. The van der Waals surface area contributed by atoms with Crippen LogP contribution in [0.3, 0.4) is 0 Å². The molecule has 3 heteroatoms. The fraction of sp³-hybridized carbons (Fsp3) is 0.611. The van der Waals surface area contributed by atoms with Crippen molar-refractivity contribution in [3.05, 3.63) is 36.5 Å². The number of hydrogen-bond acceptors (Lipinski definition) is 1. The molecule has 0 rings (SSSR count). The quantitative estimate of drug-likeness (QED) is 0.269. The average molecular weight is 326 g/mol. The van der Waals surface area contributed by atoms with Crippen molar-refractivity contribution in [3.63, 3.8) is 0 Å². The summed E-state index contributed by atoms with van der Waals surface area (Å²) in [6, 6.07) is 0. The summed E-state index contributed by atoms with van der Waals surface area (Å²) < 4.78 is 0. The Balaban J connectivity index is 0. The molecule has 0 saturated heterocycles. The predicted octanol–water partition coefficient (Wildman–Crippen LogP) is 5.66. The standard InChI is InChI=1S/C18H30O2.Ti/c1-2-3-4-5-6-7-8-9-10-11-12-13-14-15-16-17-18(19)20;/h3-4,6-7,9-10H,2,5,8,11-17H2,1H3,(H,19,20);/b4-3-,7-6-,10-9-;. The second kappa shape index (κ2) is 19.4. The van der Waals surface area contributed by atoms with Crippen LogP contribution in [-0.4, -0.2) is 11.1 Å². The van der Waals surface area contributed by atoms with E-state index in [4.69, 9.17) is 5.11 Å². The molecule has 0 aliphatic heterocycles. The Kier molecular flexibility index (Phi) is 21.0. The van der Waals surface area contributed by atoms with E-state index >= 15 is 0 Å². The number of carboxylic acids is 1. The van der Waals surface area contributed by atoms with E-state index in [1.807, 2.05) is 0 Å². The van der Waals surface area contributed by atoms with Crippen molar-refractivity contribution in [2.24, 2.45) is 0 Å². The third kappa shape index (κ3) is 21.8.